The Hall–Kier alpha value is -2.95. The fraction of sp³-hybridized carbons (Fsp3) is 0.211. The molecule has 2 rings (SSSR count). The van der Waals surface area contributed by atoms with Crippen molar-refractivity contribution in [3.8, 4) is 23.0 Å². The molecule has 5 heteroatoms. The predicted molar refractivity (Wildman–Crippen MR) is 92.5 cm³/mol. The van der Waals surface area contributed by atoms with Crippen molar-refractivity contribution in [3.05, 3.63) is 53.6 Å². The van der Waals surface area contributed by atoms with Crippen LogP contribution in [0.25, 0.3) is 6.08 Å². The highest BCUT2D eigenvalue weighted by atomic mass is 16.5. The zero-order valence-electron chi connectivity index (χ0n) is 14.2. The Morgan fingerprint density at radius 3 is 1.96 bits per heavy atom. The van der Waals surface area contributed by atoms with Gasteiger partial charge in [-0.25, -0.2) is 0 Å². The lowest BCUT2D eigenvalue weighted by atomic mass is 10.1. The zero-order valence-corrected chi connectivity index (χ0v) is 14.2. The van der Waals surface area contributed by atoms with Crippen molar-refractivity contribution >= 4 is 11.9 Å². The van der Waals surface area contributed by atoms with Gasteiger partial charge in [0.25, 0.3) is 0 Å². The molecule has 0 bridgehead atoms. The molecule has 0 spiro atoms. The van der Waals surface area contributed by atoms with Gasteiger partial charge in [-0.15, -0.1) is 0 Å². The van der Waals surface area contributed by atoms with Crippen molar-refractivity contribution in [2.45, 2.75) is 0 Å². The van der Waals surface area contributed by atoms with Gasteiger partial charge in [0.15, 0.2) is 5.78 Å². The number of carbonyl (C=O) groups is 1. The smallest absolute Gasteiger partial charge is 0.189 e. The summed E-state index contributed by atoms with van der Waals surface area (Å²) >= 11 is 0. The molecule has 5 nitrogen and oxygen atoms in total. The monoisotopic (exact) mass is 328 g/mol. The van der Waals surface area contributed by atoms with Gasteiger partial charge in [0.05, 0.1) is 34.0 Å². The van der Waals surface area contributed by atoms with Gasteiger partial charge in [-0.3, -0.25) is 4.79 Å². The van der Waals surface area contributed by atoms with Crippen LogP contribution in [0.2, 0.25) is 0 Å². The average Bonchev–Trinajstić information content (AvgIpc) is 2.65. The topological polar surface area (TPSA) is 54.0 Å². The molecule has 24 heavy (non-hydrogen) atoms. The molecule has 0 heterocycles. The Morgan fingerprint density at radius 2 is 1.38 bits per heavy atom. The maximum atomic E-state index is 12.5. The van der Waals surface area contributed by atoms with E-state index in [1.165, 1.54) is 13.2 Å². The van der Waals surface area contributed by atoms with Crippen LogP contribution in [0.4, 0.5) is 0 Å². The van der Waals surface area contributed by atoms with Crippen molar-refractivity contribution < 1.29 is 23.7 Å². The molecule has 0 N–H and O–H groups in total. The SMILES string of the molecule is COc1ccc(OC)c(/C=C/C(=O)c2cc(OC)ccc2OC)c1. The number of rotatable bonds is 7. The molecule has 0 atom stereocenters. The summed E-state index contributed by atoms with van der Waals surface area (Å²) in [4.78, 5) is 12.5. The van der Waals surface area contributed by atoms with E-state index in [1.807, 2.05) is 0 Å². The molecule has 0 saturated heterocycles. The normalized spacial score (nSPS) is 10.5. The number of benzene rings is 2. The van der Waals surface area contributed by atoms with E-state index in [1.54, 1.807) is 63.8 Å². The number of allylic oxidation sites excluding steroid dienone is 1. The average molecular weight is 328 g/mol. The second-order valence-corrected chi connectivity index (χ2v) is 4.87. The maximum absolute atomic E-state index is 12.5. The molecule has 0 aromatic heterocycles. The van der Waals surface area contributed by atoms with E-state index >= 15 is 0 Å². The Balaban J connectivity index is 2.34. The molecular weight excluding hydrogens is 308 g/mol. The van der Waals surface area contributed by atoms with E-state index in [9.17, 15) is 4.79 Å². The van der Waals surface area contributed by atoms with Gasteiger partial charge in [-0.2, -0.15) is 0 Å². The lowest BCUT2D eigenvalue weighted by Crippen LogP contribution is -2.00. The highest BCUT2D eigenvalue weighted by Crippen LogP contribution is 2.27. The second kappa shape index (κ2) is 8.06. The second-order valence-electron chi connectivity index (χ2n) is 4.87. The Morgan fingerprint density at radius 1 is 0.792 bits per heavy atom. The first-order valence-corrected chi connectivity index (χ1v) is 7.29. The summed E-state index contributed by atoms with van der Waals surface area (Å²) in [5.41, 5.74) is 1.17. The van der Waals surface area contributed by atoms with Crippen LogP contribution in [0.5, 0.6) is 23.0 Å². The lowest BCUT2D eigenvalue weighted by molar-refractivity contribution is 0.104. The van der Waals surface area contributed by atoms with Gasteiger partial charge in [0.2, 0.25) is 0 Å². The van der Waals surface area contributed by atoms with Crippen LogP contribution in [0.15, 0.2) is 42.5 Å². The third-order valence-electron chi connectivity index (χ3n) is 3.52. The number of hydrogen-bond acceptors (Lipinski definition) is 5. The minimum absolute atomic E-state index is 0.198. The van der Waals surface area contributed by atoms with Crippen molar-refractivity contribution in [1.82, 2.24) is 0 Å². The van der Waals surface area contributed by atoms with E-state index in [0.717, 1.165) is 5.56 Å². The van der Waals surface area contributed by atoms with Crippen LogP contribution in [0.1, 0.15) is 15.9 Å². The minimum atomic E-state index is -0.198. The van der Waals surface area contributed by atoms with E-state index in [4.69, 9.17) is 18.9 Å². The van der Waals surface area contributed by atoms with Crippen molar-refractivity contribution in [2.75, 3.05) is 28.4 Å². The van der Waals surface area contributed by atoms with Crippen molar-refractivity contribution in [2.24, 2.45) is 0 Å². The first-order valence-electron chi connectivity index (χ1n) is 7.29. The summed E-state index contributed by atoms with van der Waals surface area (Å²) in [6, 6.07) is 10.5. The number of ketones is 1. The van der Waals surface area contributed by atoms with Crippen LogP contribution in [-0.2, 0) is 0 Å². The summed E-state index contributed by atoms with van der Waals surface area (Å²) in [5, 5.41) is 0. The van der Waals surface area contributed by atoms with Crippen LogP contribution in [0, 0.1) is 0 Å². The fourth-order valence-corrected chi connectivity index (χ4v) is 2.23. The van der Waals surface area contributed by atoms with Crippen molar-refractivity contribution in [1.29, 1.82) is 0 Å². The summed E-state index contributed by atoms with van der Waals surface area (Å²) in [7, 11) is 6.23. The molecule has 0 aliphatic rings. The van der Waals surface area contributed by atoms with Gasteiger partial charge < -0.3 is 18.9 Å². The minimum Gasteiger partial charge on any atom is -0.497 e. The zero-order chi connectivity index (χ0) is 17.5. The number of methoxy groups -OCH3 is 4. The van der Waals surface area contributed by atoms with Gasteiger partial charge in [0, 0.05) is 5.56 Å². The van der Waals surface area contributed by atoms with Crippen LogP contribution in [0.3, 0.4) is 0 Å². The largest absolute Gasteiger partial charge is 0.497 e. The molecule has 2 aromatic rings. The molecule has 0 amide bonds. The fourth-order valence-electron chi connectivity index (χ4n) is 2.23. The molecule has 0 fully saturated rings. The molecule has 0 aliphatic carbocycles. The Labute approximate surface area is 141 Å². The number of carbonyl (C=O) groups excluding carboxylic acids is 1. The predicted octanol–water partition coefficient (Wildman–Crippen LogP) is 3.62. The first kappa shape index (κ1) is 17.4. The molecule has 0 saturated carbocycles. The van der Waals surface area contributed by atoms with E-state index in [0.29, 0.717) is 28.6 Å². The van der Waals surface area contributed by atoms with Gasteiger partial charge >= 0.3 is 0 Å². The molecular formula is C19H20O5. The van der Waals surface area contributed by atoms with Crippen LogP contribution in [-0.4, -0.2) is 34.2 Å². The van der Waals surface area contributed by atoms with Gasteiger partial charge in [0.1, 0.15) is 23.0 Å². The van der Waals surface area contributed by atoms with E-state index in [2.05, 4.69) is 0 Å². The third-order valence-corrected chi connectivity index (χ3v) is 3.52. The molecule has 0 aliphatic heterocycles. The van der Waals surface area contributed by atoms with E-state index < -0.39 is 0 Å². The first-order chi connectivity index (χ1) is 11.6. The van der Waals surface area contributed by atoms with Gasteiger partial charge in [-0.05, 0) is 48.6 Å². The van der Waals surface area contributed by atoms with Crippen LogP contribution < -0.4 is 18.9 Å². The Bertz CT molecular complexity index is 749. The molecule has 0 unspecified atom stereocenters. The highest BCUT2D eigenvalue weighted by Gasteiger charge is 2.11. The van der Waals surface area contributed by atoms with Gasteiger partial charge in [-0.1, -0.05) is 0 Å². The van der Waals surface area contributed by atoms with Crippen LogP contribution >= 0.6 is 0 Å². The quantitative estimate of drug-likeness (QED) is 0.574. The van der Waals surface area contributed by atoms with E-state index in [-0.39, 0.29) is 5.78 Å². The number of hydrogen-bond donors (Lipinski definition) is 0. The maximum Gasteiger partial charge on any atom is 0.189 e. The number of ether oxygens (including phenoxy) is 4. The Kier molecular flexibility index (Phi) is 5.84. The highest BCUT2D eigenvalue weighted by molar-refractivity contribution is 6.09. The summed E-state index contributed by atoms with van der Waals surface area (Å²) in [6.07, 6.45) is 3.15. The molecule has 126 valence electrons. The summed E-state index contributed by atoms with van der Waals surface area (Å²) < 4.78 is 20.9. The molecule has 2 aromatic carbocycles. The lowest BCUT2D eigenvalue weighted by Gasteiger charge is -2.09. The standard InChI is InChI=1S/C19H20O5/c1-21-14-6-9-18(23-3)13(11-14)5-8-17(20)16-12-15(22-2)7-10-19(16)24-4/h5-12H,1-4H3/b8-5+. The van der Waals surface area contributed by atoms with Crippen molar-refractivity contribution in [3.63, 3.8) is 0 Å². The summed E-state index contributed by atoms with van der Waals surface area (Å²) in [5.74, 6) is 2.21. The summed E-state index contributed by atoms with van der Waals surface area (Å²) in [6.45, 7) is 0. The molecule has 0 radical (unpaired) electrons. The third kappa shape index (κ3) is 3.87.